The van der Waals surface area contributed by atoms with Crippen LogP contribution in [0, 0.1) is 26.7 Å². The van der Waals surface area contributed by atoms with Crippen molar-refractivity contribution < 1.29 is 19.5 Å². The summed E-state index contributed by atoms with van der Waals surface area (Å²) in [7, 11) is 0. The van der Waals surface area contributed by atoms with E-state index in [9.17, 15) is 5.11 Å². The lowest BCUT2D eigenvalue weighted by Crippen LogP contribution is -2.21. The molecule has 2 heterocycles. The van der Waals surface area contributed by atoms with Crippen molar-refractivity contribution in [3.05, 3.63) is 46.8 Å². The summed E-state index contributed by atoms with van der Waals surface area (Å²) in [5.41, 5.74) is 5.40. The summed E-state index contributed by atoms with van der Waals surface area (Å²) in [6.45, 7) is 9.82. The number of rotatable bonds is 8. The van der Waals surface area contributed by atoms with Crippen molar-refractivity contribution in [3.8, 4) is 28.6 Å². The number of benzene rings is 1. The van der Waals surface area contributed by atoms with Crippen LogP contribution in [0.2, 0.25) is 0 Å². The Morgan fingerprint density at radius 3 is 2.33 bits per heavy atom. The second-order valence-electron chi connectivity index (χ2n) is 8.10. The summed E-state index contributed by atoms with van der Waals surface area (Å²) < 4.78 is 11.2. The molecule has 0 spiro atoms. The van der Waals surface area contributed by atoms with Gasteiger partial charge in [0, 0.05) is 22.5 Å². The molecule has 0 amide bonds. The third kappa shape index (κ3) is 5.23. The van der Waals surface area contributed by atoms with Crippen LogP contribution in [0.25, 0.3) is 22.8 Å². The van der Waals surface area contributed by atoms with Crippen LogP contribution in [0.4, 0.5) is 0 Å². The molecule has 7 nitrogen and oxygen atoms in total. The Morgan fingerprint density at radius 1 is 1.00 bits per heavy atom. The molecule has 0 aliphatic rings. The van der Waals surface area contributed by atoms with Crippen LogP contribution in [0.15, 0.2) is 28.8 Å². The van der Waals surface area contributed by atoms with E-state index in [2.05, 4.69) is 29.0 Å². The predicted octanol–water partition coefficient (Wildman–Crippen LogP) is 3.65. The van der Waals surface area contributed by atoms with Crippen molar-refractivity contribution in [2.24, 2.45) is 5.92 Å². The van der Waals surface area contributed by atoms with Crippen molar-refractivity contribution >= 4 is 0 Å². The first-order valence-corrected chi connectivity index (χ1v) is 10.1. The molecule has 160 valence electrons. The van der Waals surface area contributed by atoms with Gasteiger partial charge in [-0.15, -0.1) is 0 Å². The third-order valence-electron chi connectivity index (χ3n) is 4.65. The topological polar surface area (TPSA) is 102 Å². The highest BCUT2D eigenvalue weighted by molar-refractivity contribution is 5.63. The molecule has 3 rings (SSSR count). The Morgan fingerprint density at radius 2 is 1.70 bits per heavy atom. The molecular weight excluding hydrogens is 382 g/mol. The fourth-order valence-electron chi connectivity index (χ4n) is 3.38. The van der Waals surface area contributed by atoms with E-state index in [1.165, 1.54) is 0 Å². The normalized spacial score (nSPS) is 12.4. The number of pyridine rings is 1. The zero-order chi connectivity index (χ0) is 21.8. The monoisotopic (exact) mass is 411 g/mol. The first-order chi connectivity index (χ1) is 14.3. The van der Waals surface area contributed by atoms with Crippen LogP contribution in [0.5, 0.6) is 5.75 Å². The molecule has 0 bridgehead atoms. The van der Waals surface area contributed by atoms with Gasteiger partial charge in [0.15, 0.2) is 0 Å². The van der Waals surface area contributed by atoms with E-state index in [1.54, 1.807) is 0 Å². The number of nitrogens with zero attached hydrogens (tertiary/aromatic N) is 3. The van der Waals surface area contributed by atoms with Gasteiger partial charge < -0.3 is 19.5 Å². The van der Waals surface area contributed by atoms with E-state index in [4.69, 9.17) is 14.4 Å². The second-order valence-corrected chi connectivity index (χ2v) is 8.10. The van der Waals surface area contributed by atoms with E-state index in [0.29, 0.717) is 23.4 Å². The SMILES string of the molecule is Cc1cc(-c2nc(-c3cc(C)c(OC[C@H](O)CO)c(C)c3)no2)cc(CC(C)C)n1. The third-order valence-corrected chi connectivity index (χ3v) is 4.65. The molecule has 0 unspecified atom stereocenters. The van der Waals surface area contributed by atoms with Crippen molar-refractivity contribution in [2.45, 2.75) is 47.1 Å². The molecule has 0 saturated heterocycles. The standard InChI is InChI=1S/C23H29N3O4/c1-13(2)6-19-10-18(9-16(5)24-19)23-25-22(26-30-23)17-7-14(3)21(15(4)8-17)29-12-20(28)11-27/h7-10,13,20,27-28H,6,11-12H2,1-5H3/t20-/m1/s1. The zero-order valence-corrected chi connectivity index (χ0v) is 18.1. The maximum atomic E-state index is 9.52. The van der Waals surface area contributed by atoms with Gasteiger partial charge in [-0.3, -0.25) is 4.98 Å². The van der Waals surface area contributed by atoms with Gasteiger partial charge in [0.2, 0.25) is 5.82 Å². The van der Waals surface area contributed by atoms with Gasteiger partial charge in [0.25, 0.3) is 5.89 Å². The summed E-state index contributed by atoms with van der Waals surface area (Å²) in [6.07, 6.45) is -0.0202. The van der Waals surface area contributed by atoms with Gasteiger partial charge in [-0.05, 0) is 68.5 Å². The zero-order valence-electron chi connectivity index (χ0n) is 18.1. The predicted molar refractivity (Wildman–Crippen MR) is 114 cm³/mol. The van der Waals surface area contributed by atoms with Crippen LogP contribution in [-0.4, -0.2) is 44.7 Å². The van der Waals surface area contributed by atoms with Gasteiger partial charge in [-0.25, -0.2) is 0 Å². The highest BCUT2D eigenvalue weighted by Gasteiger charge is 2.16. The molecule has 2 N–H and O–H groups in total. The van der Waals surface area contributed by atoms with Crippen LogP contribution < -0.4 is 4.74 Å². The summed E-state index contributed by atoms with van der Waals surface area (Å²) >= 11 is 0. The molecule has 0 saturated carbocycles. The minimum Gasteiger partial charge on any atom is -0.490 e. The quantitative estimate of drug-likeness (QED) is 0.583. The minimum atomic E-state index is -0.910. The van der Waals surface area contributed by atoms with Gasteiger partial charge in [0.1, 0.15) is 18.5 Å². The van der Waals surface area contributed by atoms with Gasteiger partial charge in [0.05, 0.1) is 6.61 Å². The van der Waals surface area contributed by atoms with Crippen molar-refractivity contribution in [3.63, 3.8) is 0 Å². The van der Waals surface area contributed by atoms with E-state index < -0.39 is 6.10 Å². The fraction of sp³-hybridized carbons (Fsp3) is 0.435. The van der Waals surface area contributed by atoms with Crippen LogP contribution >= 0.6 is 0 Å². The molecule has 0 aliphatic carbocycles. The van der Waals surface area contributed by atoms with Gasteiger partial charge >= 0.3 is 0 Å². The highest BCUT2D eigenvalue weighted by Crippen LogP contribution is 2.30. The number of hydrogen-bond donors (Lipinski definition) is 2. The van der Waals surface area contributed by atoms with Crippen molar-refractivity contribution in [1.82, 2.24) is 15.1 Å². The summed E-state index contributed by atoms with van der Waals surface area (Å²) in [6, 6.07) is 7.79. The number of aliphatic hydroxyl groups is 2. The van der Waals surface area contributed by atoms with E-state index in [1.807, 2.05) is 45.0 Å². The Labute approximate surface area is 176 Å². The Balaban J connectivity index is 1.87. The number of aryl methyl sites for hydroxylation is 3. The minimum absolute atomic E-state index is 0.0317. The lowest BCUT2D eigenvalue weighted by atomic mass is 10.0. The van der Waals surface area contributed by atoms with Crippen molar-refractivity contribution in [2.75, 3.05) is 13.2 Å². The highest BCUT2D eigenvalue weighted by atomic mass is 16.5. The van der Waals surface area contributed by atoms with Gasteiger partial charge in [-0.1, -0.05) is 19.0 Å². The molecule has 0 fully saturated rings. The molecule has 1 atom stereocenters. The second kappa shape index (κ2) is 9.36. The van der Waals surface area contributed by atoms with Crippen LogP contribution in [-0.2, 0) is 6.42 Å². The average Bonchev–Trinajstić information content (AvgIpc) is 3.16. The molecule has 1 aromatic carbocycles. The number of ether oxygens (including phenoxy) is 1. The first-order valence-electron chi connectivity index (χ1n) is 10.1. The number of aliphatic hydroxyl groups excluding tert-OH is 2. The molecule has 0 radical (unpaired) electrons. The lowest BCUT2D eigenvalue weighted by Gasteiger charge is -2.15. The number of hydrogen-bond acceptors (Lipinski definition) is 7. The molecule has 7 heteroatoms. The van der Waals surface area contributed by atoms with Gasteiger partial charge in [-0.2, -0.15) is 4.98 Å². The molecule has 30 heavy (non-hydrogen) atoms. The molecular formula is C23H29N3O4. The smallest absolute Gasteiger partial charge is 0.258 e. The molecule has 3 aromatic rings. The van der Waals surface area contributed by atoms with E-state index in [-0.39, 0.29) is 13.2 Å². The van der Waals surface area contributed by atoms with Crippen molar-refractivity contribution in [1.29, 1.82) is 0 Å². The first kappa shape index (κ1) is 21.9. The van der Waals surface area contributed by atoms with E-state index >= 15 is 0 Å². The van der Waals surface area contributed by atoms with Crippen LogP contribution in [0.1, 0.15) is 36.4 Å². The summed E-state index contributed by atoms with van der Waals surface area (Å²) in [5.74, 6) is 2.15. The van der Waals surface area contributed by atoms with Crippen LogP contribution in [0.3, 0.4) is 0 Å². The maximum Gasteiger partial charge on any atom is 0.258 e. The maximum absolute atomic E-state index is 9.52. The Hall–Kier alpha value is -2.77. The lowest BCUT2D eigenvalue weighted by molar-refractivity contribution is 0.0532. The van der Waals surface area contributed by atoms with E-state index in [0.717, 1.165) is 40.1 Å². The largest absolute Gasteiger partial charge is 0.490 e. The fourth-order valence-corrected chi connectivity index (χ4v) is 3.38. The Bertz CT molecular complexity index is 990. The molecule has 2 aromatic heterocycles. The molecule has 0 aliphatic heterocycles. The Kier molecular flexibility index (Phi) is 6.84. The summed E-state index contributed by atoms with van der Waals surface area (Å²) in [4.78, 5) is 9.19. The number of aromatic nitrogens is 3. The summed E-state index contributed by atoms with van der Waals surface area (Å²) in [5, 5.41) is 22.6. The average molecular weight is 412 g/mol.